The zero-order valence-corrected chi connectivity index (χ0v) is 16.2. The van der Waals surface area contributed by atoms with Gasteiger partial charge in [0.2, 0.25) is 0 Å². The van der Waals surface area contributed by atoms with Crippen molar-refractivity contribution in [3.05, 3.63) is 75.5 Å². The van der Waals surface area contributed by atoms with Crippen LogP contribution in [0.1, 0.15) is 26.4 Å². The Morgan fingerprint density at radius 2 is 1.50 bits per heavy atom. The number of aromatic nitrogens is 2. The largest absolute Gasteiger partial charge is 0.507 e. The van der Waals surface area contributed by atoms with Crippen LogP contribution >= 0.6 is 23.2 Å². The molecule has 3 N–H and O–H groups in total. The molecule has 0 saturated heterocycles. The van der Waals surface area contributed by atoms with Crippen LogP contribution in [0.15, 0.2) is 48.7 Å². The van der Waals surface area contributed by atoms with Gasteiger partial charge >= 0.3 is 6.18 Å². The van der Waals surface area contributed by atoms with Crippen LogP contribution in [0.2, 0.25) is 10.0 Å². The van der Waals surface area contributed by atoms with E-state index in [0.29, 0.717) is 9.70 Å². The van der Waals surface area contributed by atoms with E-state index < -0.39 is 35.0 Å². The Labute approximate surface area is 177 Å². The SMILES string of the molecule is O=C(NNC(=O)c1cnn(-c2ccc(Cl)cc2)c1C(F)(F)F)c1cc(Cl)ccc1O. The Balaban J connectivity index is 1.86. The summed E-state index contributed by atoms with van der Waals surface area (Å²) in [5.41, 5.74) is 1.36. The van der Waals surface area contributed by atoms with E-state index >= 15 is 0 Å². The fourth-order valence-corrected chi connectivity index (χ4v) is 2.80. The van der Waals surface area contributed by atoms with Gasteiger partial charge in [0.15, 0.2) is 5.69 Å². The fourth-order valence-electron chi connectivity index (χ4n) is 2.50. The molecule has 0 unspecified atom stereocenters. The van der Waals surface area contributed by atoms with E-state index in [-0.39, 0.29) is 16.3 Å². The number of nitrogens with one attached hydrogen (secondary N) is 2. The summed E-state index contributed by atoms with van der Waals surface area (Å²) in [4.78, 5) is 24.4. The molecule has 30 heavy (non-hydrogen) atoms. The molecule has 3 aromatic rings. The molecule has 7 nitrogen and oxygen atoms in total. The number of aromatic hydroxyl groups is 1. The molecule has 0 atom stereocenters. The van der Waals surface area contributed by atoms with E-state index in [1.807, 2.05) is 10.9 Å². The predicted octanol–water partition coefficient (Wildman–Crippen LogP) is 3.98. The number of nitrogens with zero attached hydrogens (tertiary/aromatic N) is 2. The average Bonchev–Trinajstić information content (AvgIpc) is 3.14. The summed E-state index contributed by atoms with van der Waals surface area (Å²) in [6, 6.07) is 8.94. The van der Waals surface area contributed by atoms with Crippen LogP contribution in [0.5, 0.6) is 5.75 Å². The Hall–Kier alpha value is -3.24. The second-order valence-corrected chi connectivity index (χ2v) is 6.74. The van der Waals surface area contributed by atoms with Crippen LogP contribution < -0.4 is 10.9 Å². The normalized spacial score (nSPS) is 11.2. The molecular weight excluding hydrogens is 448 g/mol. The van der Waals surface area contributed by atoms with Gasteiger partial charge in [-0.2, -0.15) is 18.3 Å². The number of benzene rings is 2. The van der Waals surface area contributed by atoms with Gasteiger partial charge in [-0.15, -0.1) is 0 Å². The highest BCUT2D eigenvalue weighted by Crippen LogP contribution is 2.33. The van der Waals surface area contributed by atoms with Crippen LogP contribution in [0.25, 0.3) is 5.69 Å². The van der Waals surface area contributed by atoms with Crippen LogP contribution in [0.3, 0.4) is 0 Å². The van der Waals surface area contributed by atoms with E-state index in [4.69, 9.17) is 23.2 Å². The number of alkyl halides is 3. The van der Waals surface area contributed by atoms with Gasteiger partial charge < -0.3 is 5.11 Å². The molecule has 0 radical (unpaired) electrons. The molecule has 0 fully saturated rings. The highest BCUT2D eigenvalue weighted by Gasteiger charge is 2.40. The van der Waals surface area contributed by atoms with Gasteiger partial charge in [-0.3, -0.25) is 20.4 Å². The smallest absolute Gasteiger partial charge is 0.434 e. The van der Waals surface area contributed by atoms with Gasteiger partial charge in [-0.05, 0) is 42.5 Å². The quantitative estimate of drug-likeness (QED) is 0.517. The molecule has 0 aliphatic rings. The molecule has 2 amide bonds. The monoisotopic (exact) mass is 458 g/mol. The average molecular weight is 459 g/mol. The van der Waals surface area contributed by atoms with Crippen molar-refractivity contribution < 1.29 is 27.9 Å². The van der Waals surface area contributed by atoms with Crippen LogP contribution in [0, 0.1) is 0 Å². The highest BCUT2D eigenvalue weighted by atomic mass is 35.5. The van der Waals surface area contributed by atoms with Gasteiger partial charge in [0.25, 0.3) is 11.8 Å². The third-order valence-electron chi connectivity index (χ3n) is 3.85. The van der Waals surface area contributed by atoms with Crippen molar-refractivity contribution in [3.63, 3.8) is 0 Å². The molecule has 0 spiro atoms. The number of carbonyl (C=O) groups excluding carboxylic acids is 2. The zero-order valence-electron chi connectivity index (χ0n) is 14.7. The minimum atomic E-state index is -4.93. The lowest BCUT2D eigenvalue weighted by Crippen LogP contribution is -2.42. The molecule has 0 aliphatic heterocycles. The van der Waals surface area contributed by atoms with Crippen molar-refractivity contribution in [1.29, 1.82) is 0 Å². The third kappa shape index (κ3) is 4.50. The maximum Gasteiger partial charge on any atom is 0.434 e. The minimum absolute atomic E-state index is 0.0265. The fraction of sp³-hybridized carbons (Fsp3) is 0.0556. The molecule has 0 aliphatic carbocycles. The highest BCUT2D eigenvalue weighted by molar-refractivity contribution is 6.31. The van der Waals surface area contributed by atoms with E-state index in [1.165, 1.54) is 30.3 Å². The Kier molecular flexibility index (Phi) is 5.90. The van der Waals surface area contributed by atoms with Crippen molar-refractivity contribution >= 4 is 35.0 Å². The summed E-state index contributed by atoms with van der Waals surface area (Å²) in [6.45, 7) is 0. The first kappa shape index (κ1) is 21.5. The first-order valence-corrected chi connectivity index (χ1v) is 8.84. The Morgan fingerprint density at radius 1 is 0.933 bits per heavy atom. The number of hydrazine groups is 1. The number of phenols is 1. The molecular formula is C18H11Cl2F3N4O3. The Morgan fingerprint density at radius 3 is 2.10 bits per heavy atom. The number of rotatable bonds is 3. The van der Waals surface area contributed by atoms with Crippen LogP contribution in [0.4, 0.5) is 13.2 Å². The first-order valence-electron chi connectivity index (χ1n) is 8.08. The van der Waals surface area contributed by atoms with E-state index in [1.54, 1.807) is 0 Å². The van der Waals surface area contributed by atoms with Gasteiger partial charge in [0.05, 0.1) is 23.0 Å². The topological polar surface area (TPSA) is 96.3 Å². The molecule has 0 bridgehead atoms. The number of carbonyl (C=O) groups is 2. The van der Waals surface area contributed by atoms with E-state index in [9.17, 15) is 27.9 Å². The van der Waals surface area contributed by atoms with Gasteiger partial charge in [-0.25, -0.2) is 4.68 Å². The zero-order chi connectivity index (χ0) is 22.1. The second-order valence-electron chi connectivity index (χ2n) is 5.86. The van der Waals surface area contributed by atoms with Gasteiger partial charge in [0, 0.05) is 10.0 Å². The maximum atomic E-state index is 13.6. The van der Waals surface area contributed by atoms with E-state index in [2.05, 4.69) is 5.10 Å². The Bertz CT molecular complexity index is 1110. The summed E-state index contributed by atoms with van der Waals surface area (Å²) >= 11 is 11.5. The van der Waals surface area contributed by atoms with E-state index in [0.717, 1.165) is 18.3 Å². The third-order valence-corrected chi connectivity index (χ3v) is 4.33. The number of phenolic OH excluding ortho intramolecular Hbond substituents is 1. The summed E-state index contributed by atoms with van der Waals surface area (Å²) in [6.07, 6.45) is -4.21. The number of amides is 2. The summed E-state index contributed by atoms with van der Waals surface area (Å²) in [7, 11) is 0. The maximum absolute atomic E-state index is 13.6. The number of hydrogen-bond donors (Lipinski definition) is 3. The number of halogens is 5. The van der Waals surface area contributed by atoms with Crippen LogP contribution in [-0.4, -0.2) is 26.7 Å². The van der Waals surface area contributed by atoms with Gasteiger partial charge in [0.1, 0.15) is 5.75 Å². The lowest BCUT2D eigenvalue weighted by atomic mass is 10.2. The van der Waals surface area contributed by atoms with Gasteiger partial charge in [-0.1, -0.05) is 23.2 Å². The molecule has 1 aromatic heterocycles. The predicted molar refractivity (Wildman–Crippen MR) is 102 cm³/mol. The van der Waals surface area contributed by atoms with Crippen molar-refractivity contribution in [1.82, 2.24) is 20.6 Å². The molecule has 12 heteroatoms. The number of hydrogen-bond acceptors (Lipinski definition) is 4. The van der Waals surface area contributed by atoms with Crippen LogP contribution in [-0.2, 0) is 6.18 Å². The lowest BCUT2D eigenvalue weighted by Gasteiger charge is -2.13. The van der Waals surface area contributed by atoms with Crippen molar-refractivity contribution in [3.8, 4) is 11.4 Å². The van der Waals surface area contributed by atoms with Crippen molar-refractivity contribution in [2.45, 2.75) is 6.18 Å². The molecule has 0 saturated carbocycles. The van der Waals surface area contributed by atoms with Crippen molar-refractivity contribution in [2.75, 3.05) is 0 Å². The molecule has 1 heterocycles. The molecule has 2 aromatic carbocycles. The molecule has 3 rings (SSSR count). The first-order chi connectivity index (χ1) is 14.1. The van der Waals surface area contributed by atoms with Crippen molar-refractivity contribution in [2.24, 2.45) is 0 Å². The molecule has 156 valence electrons. The summed E-state index contributed by atoms with van der Waals surface area (Å²) < 4.78 is 41.4. The minimum Gasteiger partial charge on any atom is -0.507 e. The standard InChI is InChI=1S/C18H11Cl2F3N4O3/c19-9-1-4-11(5-2-9)27-15(18(21,22)23)13(8-24-27)17(30)26-25-16(29)12-7-10(20)3-6-14(12)28/h1-8,28H,(H,25,29)(H,26,30). The summed E-state index contributed by atoms with van der Waals surface area (Å²) in [5, 5.41) is 13.8. The lowest BCUT2D eigenvalue weighted by molar-refractivity contribution is -0.143. The summed E-state index contributed by atoms with van der Waals surface area (Å²) in [5.74, 6) is -2.68. The second kappa shape index (κ2) is 8.25.